The minimum atomic E-state index is -3.23. The molecule has 0 unspecified atom stereocenters. The smallest absolute Gasteiger partial charge is 0.181 e. The Hall–Kier alpha value is -0.680. The van der Waals surface area contributed by atoms with E-state index in [2.05, 4.69) is 0 Å². The molecule has 16 heavy (non-hydrogen) atoms. The van der Waals surface area contributed by atoms with E-state index in [0.717, 1.165) is 11.3 Å². The van der Waals surface area contributed by atoms with Crippen LogP contribution in [-0.4, -0.2) is 25.7 Å². The molecule has 0 spiro atoms. The zero-order valence-electron chi connectivity index (χ0n) is 9.56. The van der Waals surface area contributed by atoms with Gasteiger partial charge in [-0.15, -0.1) is 0 Å². The van der Waals surface area contributed by atoms with Crippen molar-refractivity contribution < 1.29 is 8.42 Å². The lowest BCUT2D eigenvalue weighted by molar-refractivity contribution is 0.598. The van der Waals surface area contributed by atoms with E-state index in [1.807, 2.05) is 19.9 Å². The van der Waals surface area contributed by atoms with Crippen LogP contribution in [0.1, 0.15) is 12.5 Å². The summed E-state index contributed by atoms with van der Waals surface area (Å²) < 4.78 is 24.0. The zero-order chi connectivity index (χ0) is 12.2. The molecule has 3 nitrogen and oxygen atoms in total. The molecule has 0 aliphatic carbocycles. The molecule has 1 aromatic carbocycles. The average Bonchev–Trinajstić information content (AvgIpc) is 2.22. The largest absolute Gasteiger partial charge is 0.398 e. The van der Waals surface area contributed by atoms with Crippen molar-refractivity contribution in [2.75, 3.05) is 23.0 Å². The first-order chi connectivity index (χ1) is 7.47. The molecule has 0 fully saturated rings. The number of anilines is 1. The standard InChI is InChI=1S/C11H17NO2S2/c1-3-15-6-7-16(13,14)11-8-9(2)4-5-10(11)12/h4-5,8H,3,6-7,12H2,1-2H3. The number of hydrogen-bond acceptors (Lipinski definition) is 4. The van der Waals surface area contributed by atoms with Crippen LogP contribution in [0, 0.1) is 6.92 Å². The maximum Gasteiger partial charge on any atom is 0.181 e. The van der Waals surface area contributed by atoms with Crippen LogP contribution in [0.2, 0.25) is 0 Å². The van der Waals surface area contributed by atoms with Gasteiger partial charge < -0.3 is 5.73 Å². The van der Waals surface area contributed by atoms with E-state index < -0.39 is 9.84 Å². The highest BCUT2D eigenvalue weighted by molar-refractivity contribution is 8.00. The number of benzene rings is 1. The van der Waals surface area contributed by atoms with E-state index >= 15 is 0 Å². The Morgan fingerprint density at radius 3 is 2.69 bits per heavy atom. The fourth-order valence-electron chi connectivity index (χ4n) is 1.33. The predicted molar refractivity (Wildman–Crippen MR) is 70.6 cm³/mol. The second kappa shape index (κ2) is 5.59. The van der Waals surface area contributed by atoms with Crippen LogP contribution < -0.4 is 5.73 Å². The number of nitrogens with two attached hydrogens (primary N) is 1. The fourth-order valence-corrected chi connectivity index (χ4v) is 3.98. The normalized spacial score (nSPS) is 11.6. The molecule has 0 saturated carbocycles. The molecule has 0 saturated heterocycles. The molecule has 1 aromatic rings. The van der Waals surface area contributed by atoms with E-state index in [0.29, 0.717) is 11.4 Å². The van der Waals surface area contributed by atoms with Crippen LogP contribution in [0.25, 0.3) is 0 Å². The number of rotatable bonds is 5. The summed E-state index contributed by atoms with van der Waals surface area (Å²) in [7, 11) is -3.23. The Morgan fingerprint density at radius 2 is 2.06 bits per heavy atom. The Balaban J connectivity index is 2.93. The van der Waals surface area contributed by atoms with Crippen LogP contribution >= 0.6 is 11.8 Å². The van der Waals surface area contributed by atoms with E-state index in [1.165, 1.54) is 0 Å². The van der Waals surface area contributed by atoms with Crippen molar-refractivity contribution in [3.63, 3.8) is 0 Å². The SMILES string of the molecule is CCSCCS(=O)(=O)c1cc(C)ccc1N. The van der Waals surface area contributed by atoms with Gasteiger partial charge in [0, 0.05) is 5.75 Å². The van der Waals surface area contributed by atoms with E-state index in [-0.39, 0.29) is 10.6 Å². The van der Waals surface area contributed by atoms with Crippen molar-refractivity contribution in [2.24, 2.45) is 0 Å². The van der Waals surface area contributed by atoms with E-state index in [1.54, 1.807) is 23.9 Å². The summed E-state index contributed by atoms with van der Waals surface area (Å²) in [6.45, 7) is 3.87. The molecule has 5 heteroatoms. The van der Waals surface area contributed by atoms with Crippen molar-refractivity contribution in [1.82, 2.24) is 0 Å². The van der Waals surface area contributed by atoms with Gasteiger partial charge in [-0.05, 0) is 30.4 Å². The first kappa shape index (κ1) is 13.4. The van der Waals surface area contributed by atoms with Gasteiger partial charge in [-0.2, -0.15) is 11.8 Å². The number of aryl methyl sites for hydroxylation is 1. The predicted octanol–water partition coefficient (Wildman–Crippen LogP) is 2.10. The highest BCUT2D eigenvalue weighted by Crippen LogP contribution is 2.21. The Kier molecular flexibility index (Phi) is 4.68. The first-order valence-corrected chi connectivity index (χ1v) is 7.94. The van der Waals surface area contributed by atoms with Gasteiger partial charge in [0.05, 0.1) is 16.3 Å². The van der Waals surface area contributed by atoms with Crippen molar-refractivity contribution in [3.05, 3.63) is 23.8 Å². The first-order valence-electron chi connectivity index (χ1n) is 5.14. The van der Waals surface area contributed by atoms with Crippen molar-refractivity contribution >= 4 is 27.3 Å². The fraction of sp³-hybridized carbons (Fsp3) is 0.455. The topological polar surface area (TPSA) is 60.2 Å². The Labute approximate surface area is 101 Å². The summed E-state index contributed by atoms with van der Waals surface area (Å²) in [6.07, 6.45) is 0. The van der Waals surface area contributed by atoms with Gasteiger partial charge >= 0.3 is 0 Å². The van der Waals surface area contributed by atoms with Crippen LogP contribution in [0.4, 0.5) is 5.69 Å². The maximum atomic E-state index is 12.0. The van der Waals surface area contributed by atoms with Crippen molar-refractivity contribution in [3.8, 4) is 0 Å². The summed E-state index contributed by atoms with van der Waals surface area (Å²) >= 11 is 1.62. The third-order valence-electron chi connectivity index (χ3n) is 2.20. The molecule has 0 radical (unpaired) electrons. The van der Waals surface area contributed by atoms with Gasteiger partial charge in [0.15, 0.2) is 9.84 Å². The molecule has 0 aliphatic rings. The maximum absolute atomic E-state index is 12.0. The van der Waals surface area contributed by atoms with Gasteiger partial charge in [0.1, 0.15) is 0 Å². The molecule has 0 amide bonds. The monoisotopic (exact) mass is 259 g/mol. The van der Waals surface area contributed by atoms with Gasteiger partial charge in [-0.25, -0.2) is 8.42 Å². The van der Waals surface area contributed by atoms with Crippen LogP contribution in [0.5, 0.6) is 0 Å². The number of sulfone groups is 1. The van der Waals surface area contributed by atoms with Crippen molar-refractivity contribution in [1.29, 1.82) is 0 Å². The van der Waals surface area contributed by atoms with E-state index in [4.69, 9.17) is 5.73 Å². The third kappa shape index (κ3) is 3.42. The lowest BCUT2D eigenvalue weighted by Crippen LogP contribution is -2.11. The molecular weight excluding hydrogens is 242 g/mol. The van der Waals surface area contributed by atoms with E-state index in [9.17, 15) is 8.42 Å². The highest BCUT2D eigenvalue weighted by Gasteiger charge is 2.17. The molecule has 0 aromatic heterocycles. The molecule has 0 heterocycles. The number of hydrogen-bond donors (Lipinski definition) is 1. The van der Waals surface area contributed by atoms with Gasteiger partial charge in [0.2, 0.25) is 0 Å². The average molecular weight is 259 g/mol. The molecule has 0 aliphatic heterocycles. The molecule has 2 N–H and O–H groups in total. The van der Waals surface area contributed by atoms with Gasteiger partial charge in [-0.3, -0.25) is 0 Å². The second-order valence-corrected chi connectivity index (χ2v) is 7.03. The molecular formula is C11H17NO2S2. The lowest BCUT2D eigenvalue weighted by atomic mass is 10.2. The number of nitrogen functional groups attached to an aromatic ring is 1. The summed E-state index contributed by atoms with van der Waals surface area (Å²) in [5.41, 5.74) is 6.95. The summed E-state index contributed by atoms with van der Waals surface area (Å²) in [5.74, 6) is 1.70. The highest BCUT2D eigenvalue weighted by atomic mass is 32.2. The molecule has 0 bridgehead atoms. The van der Waals surface area contributed by atoms with Crippen LogP contribution in [0.15, 0.2) is 23.1 Å². The minimum absolute atomic E-state index is 0.152. The Morgan fingerprint density at radius 1 is 1.38 bits per heavy atom. The summed E-state index contributed by atoms with van der Waals surface area (Å²) in [6, 6.07) is 5.10. The van der Waals surface area contributed by atoms with Crippen molar-refractivity contribution in [2.45, 2.75) is 18.7 Å². The quantitative estimate of drug-likeness (QED) is 0.650. The summed E-state index contributed by atoms with van der Waals surface area (Å²) in [4.78, 5) is 0.268. The molecule has 1 rings (SSSR count). The third-order valence-corrected chi connectivity index (χ3v) is 5.13. The Bertz CT molecular complexity index is 455. The van der Waals surface area contributed by atoms with Crippen LogP contribution in [0.3, 0.4) is 0 Å². The zero-order valence-corrected chi connectivity index (χ0v) is 11.2. The van der Waals surface area contributed by atoms with Crippen LogP contribution in [-0.2, 0) is 9.84 Å². The van der Waals surface area contributed by atoms with Gasteiger partial charge in [-0.1, -0.05) is 13.0 Å². The van der Waals surface area contributed by atoms with Gasteiger partial charge in [0.25, 0.3) is 0 Å². The summed E-state index contributed by atoms with van der Waals surface area (Å²) in [5, 5.41) is 0. The number of thioether (sulfide) groups is 1. The molecule has 0 atom stereocenters. The lowest BCUT2D eigenvalue weighted by Gasteiger charge is -2.08. The minimum Gasteiger partial charge on any atom is -0.398 e. The second-order valence-electron chi connectivity index (χ2n) is 3.56. The molecule has 90 valence electrons.